The zero-order valence-corrected chi connectivity index (χ0v) is 10.1. The summed E-state index contributed by atoms with van der Waals surface area (Å²) < 4.78 is 0. The lowest BCUT2D eigenvalue weighted by atomic mass is 9.74. The van der Waals surface area contributed by atoms with Crippen LogP contribution in [0.25, 0.3) is 0 Å². The molecule has 0 aliphatic carbocycles. The van der Waals surface area contributed by atoms with E-state index >= 15 is 0 Å². The maximum Gasteiger partial charge on any atom is 0.314 e. The minimum atomic E-state index is -0.794. The maximum atomic E-state index is 11.6. The van der Waals surface area contributed by atoms with Crippen molar-refractivity contribution in [2.75, 3.05) is 0 Å². The van der Waals surface area contributed by atoms with Gasteiger partial charge >= 0.3 is 5.97 Å². The molecule has 1 atom stereocenters. The Labute approximate surface area is 103 Å². The van der Waals surface area contributed by atoms with Gasteiger partial charge in [-0.3, -0.25) is 4.79 Å². The molecule has 2 nitrogen and oxygen atoms in total. The van der Waals surface area contributed by atoms with Gasteiger partial charge in [0.1, 0.15) is 0 Å². The van der Waals surface area contributed by atoms with Crippen LogP contribution < -0.4 is 0 Å². The van der Waals surface area contributed by atoms with E-state index in [-0.39, 0.29) is 0 Å². The van der Waals surface area contributed by atoms with E-state index in [2.05, 4.69) is 5.92 Å². The smallest absolute Gasteiger partial charge is 0.314 e. The minimum absolute atomic E-state index is 0.580. The zero-order chi connectivity index (χ0) is 12.7. The van der Waals surface area contributed by atoms with Gasteiger partial charge in [-0.15, -0.1) is 12.3 Å². The number of carboxylic acid groups (broad SMARTS) is 1. The summed E-state index contributed by atoms with van der Waals surface area (Å²) in [5, 5.41) is 9.52. The van der Waals surface area contributed by atoms with E-state index in [1.54, 1.807) is 0 Å². The topological polar surface area (TPSA) is 37.3 Å². The molecule has 0 spiro atoms. The number of hydrogen-bond acceptors (Lipinski definition) is 1. The van der Waals surface area contributed by atoms with E-state index in [1.807, 2.05) is 37.3 Å². The van der Waals surface area contributed by atoms with E-state index in [0.717, 1.165) is 12.0 Å². The average Bonchev–Trinajstić information content (AvgIpc) is 2.36. The van der Waals surface area contributed by atoms with E-state index < -0.39 is 11.4 Å². The fourth-order valence-corrected chi connectivity index (χ4v) is 2.16. The normalized spacial score (nSPS) is 13.6. The molecule has 0 aliphatic rings. The summed E-state index contributed by atoms with van der Waals surface area (Å²) in [4.78, 5) is 11.6. The third kappa shape index (κ3) is 2.88. The number of rotatable bonds is 6. The Morgan fingerprint density at radius 3 is 2.53 bits per heavy atom. The molecule has 1 aromatic carbocycles. The van der Waals surface area contributed by atoms with E-state index in [9.17, 15) is 9.90 Å². The van der Waals surface area contributed by atoms with Crippen LogP contribution in [0.5, 0.6) is 0 Å². The fraction of sp³-hybridized carbons (Fsp3) is 0.400. The molecule has 0 radical (unpaired) electrons. The molecule has 0 fully saturated rings. The lowest BCUT2D eigenvalue weighted by Crippen LogP contribution is -2.35. The molecule has 1 aromatic rings. The van der Waals surface area contributed by atoms with Crippen LogP contribution in [0.1, 0.15) is 38.2 Å². The Bertz CT molecular complexity index is 403. The second-order valence-electron chi connectivity index (χ2n) is 4.16. The largest absolute Gasteiger partial charge is 0.481 e. The molecule has 0 saturated carbocycles. The predicted octanol–water partition coefficient (Wildman–Crippen LogP) is 3.22. The first-order valence-electron chi connectivity index (χ1n) is 5.89. The molecule has 17 heavy (non-hydrogen) atoms. The van der Waals surface area contributed by atoms with Gasteiger partial charge in [-0.25, -0.2) is 0 Å². The van der Waals surface area contributed by atoms with Gasteiger partial charge in [0.15, 0.2) is 0 Å². The van der Waals surface area contributed by atoms with Crippen molar-refractivity contribution in [2.45, 2.75) is 38.0 Å². The van der Waals surface area contributed by atoms with Gasteiger partial charge in [-0.05, 0) is 24.8 Å². The summed E-state index contributed by atoms with van der Waals surface area (Å²) in [5.41, 5.74) is 0.0741. The molecule has 2 heteroatoms. The standard InChI is InChI=1S/C15H18O2/c1-3-5-9-12-15(4-2,14(16)17)13-10-7-6-8-11-13/h1,6-8,10-11H,4-5,9,12H2,2H3,(H,16,17). The zero-order valence-electron chi connectivity index (χ0n) is 10.1. The van der Waals surface area contributed by atoms with Crippen molar-refractivity contribution < 1.29 is 9.90 Å². The molecular weight excluding hydrogens is 212 g/mol. The highest BCUT2D eigenvalue weighted by molar-refractivity contribution is 5.81. The van der Waals surface area contributed by atoms with Crippen LogP contribution in [0.15, 0.2) is 30.3 Å². The molecular formula is C15H18O2. The van der Waals surface area contributed by atoms with Crippen LogP contribution in [0, 0.1) is 12.3 Å². The summed E-state index contributed by atoms with van der Waals surface area (Å²) in [6, 6.07) is 9.42. The third-order valence-electron chi connectivity index (χ3n) is 3.26. The highest BCUT2D eigenvalue weighted by Gasteiger charge is 2.37. The molecule has 0 amide bonds. The maximum absolute atomic E-state index is 11.6. The number of terminal acetylenes is 1. The molecule has 0 saturated heterocycles. The summed E-state index contributed by atoms with van der Waals surface area (Å²) in [5.74, 6) is 1.80. The molecule has 0 bridgehead atoms. The Morgan fingerprint density at radius 1 is 1.41 bits per heavy atom. The minimum Gasteiger partial charge on any atom is -0.481 e. The lowest BCUT2D eigenvalue weighted by molar-refractivity contribution is -0.144. The SMILES string of the molecule is C#CCCCC(CC)(C(=O)O)c1ccccc1. The summed E-state index contributed by atoms with van der Waals surface area (Å²) in [6.45, 7) is 1.91. The van der Waals surface area contributed by atoms with Crippen LogP contribution in [-0.2, 0) is 10.2 Å². The van der Waals surface area contributed by atoms with Crippen molar-refractivity contribution in [2.24, 2.45) is 0 Å². The Balaban J connectivity index is 3.02. The van der Waals surface area contributed by atoms with Crippen molar-refractivity contribution in [1.82, 2.24) is 0 Å². The quantitative estimate of drug-likeness (QED) is 0.601. The highest BCUT2D eigenvalue weighted by Crippen LogP contribution is 2.33. The number of hydrogen-bond donors (Lipinski definition) is 1. The van der Waals surface area contributed by atoms with Crippen LogP contribution in [0.4, 0.5) is 0 Å². The van der Waals surface area contributed by atoms with Crippen molar-refractivity contribution in [3.8, 4) is 12.3 Å². The second-order valence-corrected chi connectivity index (χ2v) is 4.16. The number of carboxylic acids is 1. The van der Waals surface area contributed by atoms with E-state index in [4.69, 9.17) is 6.42 Å². The number of benzene rings is 1. The first-order valence-corrected chi connectivity index (χ1v) is 5.89. The molecule has 0 aromatic heterocycles. The van der Waals surface area contributed by atoms with Gasteiger partial charge in [0.2, 0.25) is 0 Å². The summed E-state index contributed by atoms with van der Waals surface area (Å²) in [6.07, 6.45) is 7.76. The van der Waals surface area contributed by atoms with Crippen molar-refractivity contribution in [3.05, 3.63) is 35.9 Å². The number of carbonyl (C=O) groups is 1. The monoisotopic (exact) mass is 230 g/mol. The van der Waals surface area contributed by atoms with Gasteiger partial charge in [0.05, 0.1) is 5.41 Å². The van der Waals surface area contributed by atoms with Gasteiger partial charge in [-0.1, -0.05) is 37.3 Å². The van der Waals surface area contributed by atoms with E-state index in [1.165, 1.54) is 0 Å². The van der Waals surface area contributed by atoms with Crippen LogP contribution in [-0.4, -0.2) is 11.1 Å². The van der Waals surface area contributed by atoms with Crippen LogP contribution >= 0.6 is 0 Å². The van der Waals surface area contributed by atoms with Crippen molar-refractivity contribution in [1.29, 1.82) is 0 Å². The highest BCUT2D eigenvalue weighted by atomic mass is 16.4. The average molecular weight is 230 g/mol. The van der Waals surface area contributed by atoms with Crippen molar-refractivity contribution in [3.63, 3.8) is 0 Å². The first kappa shape index (κ1) is 13.3. The second kappa shape index (κ2) is 6.10. The van der Waals surface area contributed by atoms with Crippen molar-refractivity contribution >= 4 is 5.97 Å². The first-order chi connectivity index (χ1) is 8.17. The van der Waals surface area contributed by atoms with E-state index in [0.29, 0.717) is 19.3 Å². The Hall–Kier alpha value is -1.75. The third-order valence-corrected chi connectivity index (χ3v) is 3.26. The molecule has 90 valence electrons. The molecule has 1 unspecified atom stereocenters. The predicted molar refractivity (Wildman–Crippen MR) is 68.7 cm³/mol. The fourth-order valence-electron chi connectivity index (χ4n) is 2.16. The molecule has 0 heterocycles. The number of aliphatic carboxylic acids is 1. The van der Waals surface area contributed by atoms with Crippen LogP contribution in [0.3, 0.4) is 0 Å². The Morgan fingerprint density at radius 2 is 2.06 bits per heavy atom. The molecule has 1 rings (SSSR count). The summed E-state index contributed by atoms with van der Waals surface area (Å²) >= 11 is 0. The van der Waals surface area contributed by atoms with Gasteiger partial charge in [0.25, 0.3) is 0 Å². The van der Waals surface area contributed by atoms with Crippen LogP contribution in [0.2, 0.25) is 0 Å². The van der Waals surface area contributed by atoms with Gasteiger partial charge in [0, 0.05) is 6.42 Å². The molecule has 1 N–H and O–H groups in total. The lowest BCUT2D eigenvalue weighted by Gasteiger charge is -2.28. The molecule has 0 aliphatic heterocycles. The van der Waals surface area contributed by atoms with Gasteiger partial charge < -0.3 is 5.11 Å². The van der Waals surface area contributed by atoms with Gasteiger partial charge in [-0.2, -0.15) is 0 Å². The summed E-state index contributed by atoms with van der Waals surface area (Å²) in [7, 11) is 0. The Kier molecular flexibility index (Phi) is 4.78. The number of unbranched alkanes of at least 4 members (excludes halogenated alkanes) is 1.